The molecule has 1 aromatic carbocycles. The van der Waals surface area contributed by atoms with Gasteiger partial charge in [0.2, 0.25) is 11.8 Å². The number of carbonyl (C=O) groups is 2. The van der Waals surface area contributed by atoms with Gasteiger partial charge in [-0.05, 0) is 69.2 Å². The van der Waals surface area contributed by atoms with Crippen LogP contribution in [0.4, 0.5) is 0 Å². The van der Waals surface area contributed by atoms with Crippen LogP contribution in [0.2, 0.25) is 0 Å². The summed E-state index contributed by atoms with van der Waals surface area (Å²) in [6, 6.07) is 10.4. The van der Waals surface area contributed by atoms with Crippen molar-refractivity contribution in [3.8, 4) is 0 Å². The molecule has 37 heavy (non-hydrogen) atoms. The summed E-state index contributed by atoms with van der Waals surface area (Å²) in [6.07, 6.45) is 10.5. The van der Waals surface area contributed by atoms with Crippen LogP contribution in [0.15, 0.2) is 68.3 Å². The molecule has 0 bridgehead atoms. The van der Waals surface area contributed by atoms with Gasteiger partial charge < -0.3 is 15.1 Å². The predicted molar refractivity (Wildman–Crippen MR) is 141 cm³/mol. The van der Waals surface area contributed by atoms with E-state index >= 15 is 0 Å². The van der Waals surface area contributed by atoms with Crippen molar-refractivity contribution >= 4 is 22.7 Å². The molecule has 1 aliphatic rings. The molecular weight excluding hydrogens is 472 g/mol. The van der Waals surface area contributed by atoms with Crippen LogP contribution < -0.4 is 21.9 Å². The Balaban J connectivity index is 1.37. The third-order valence-corrected chi connectivity index (χ3v) is 6.66. The van der Waals surface area contributed by atoms with Crippen molar-refractivity contribution in [3.63, 3.8) is 0 Å². The highest BCUT2D eigenvalue weighted by atomic mass is 16.3. The third-order valence-electron chi connectivity index (χ3n) is 6.66. The maximum atomic E-state index is 13.3. The summed E-state index contributed by atoms with van der Waals surface area (Å²) in [5.41, 5.74) is 0.911. The van der Waals surface area contributed by atoms with Crippen LogP contribution in [0.1, 0.15) is 57.1 Å². The second-order valence-electron chi connectivity index (χ2n) is 9.36. The molecule has 0 unspecified atom stereocenters. The Hall–Kier alpha value is -3.88. The van der Waals surface area contributed by atoms with Crippen LogP contribution in [0, 0.1) is 0 Å². The molecule has 0 saturated carbocycles. The molecule has 0 aliphatic heterocycles. The summed E-state index contributed by atoms with van der Waals surface area (Å²) in [7, 11) is 0. The van der Waals surface area contributed by atoms with E-state index in [4.69, 9.17) is 4.42 Å². The van der Waals surface area contributed by atoms with Gasteiger partial charge in [-0.25, -0.2) is 4.79 Å². The van der Waals surface area contributed by atoms with Gasteiger partial charge in [0.1, 0.15) is 12.3 Å². The van der Waals surface area contributed by atoms with Crippen LogP contribution in [-0.2, 0) is 29.2 Å². The number of para-hydroxylation sites is 1. The average molecular weight is 507 g/mol. The zero-order valence-electron chi connectivity index (χ0n) is 21.0. The van der Waals surface area contributed by atoms with E-state index in [1.807, 2.05) is 0 Å². The van der Waals surface area contributed by atoms with Crippen molar-refractivity contribution in [1.29, 1.82) is 0 Å². The summed E-state index contributed by atoms with van der Waals surface area (Å²) >= 11 is 0. The van der Waals surface area contributed by atoms with E-state index in [9.17, 15) is 19.2 Å². The van der Waals surface area contributed by atoms with Crippen LogP contribution in [0.3, 0.4) is 0 Å². The fourth-order valence-corrected chi connectivity index (χ4v) is 4.66. The number of rotatable bonds is 12. The largest absolute Gasteiger partial charge is 0.467 e. The lowest BCUT2D eigenvalue weighted by atomic mass is 9.97. The van der Waals surface area contributed by atoms with Crippen LogP contribution in [0.5, 0.6) is 0 Å². The normalized spacial score (nSPS) is 13.4. The number of allylic oxidation sites excluding steroid dienone is 1. The Morgan fingerprint density at radius 1 is 0.946 bits per heavy atom. The molecular formula is C28H34N4O5. The molecule has 0 spiro atoms. The Labute approximate surface area is 215 Å². The zero-order valence-corrected chi connectivity index (χ0v) is 21.0. The number of aromatic nitrogens is 2. The number of fused-ring (bicyclic) bond motifs is 1. The Morgan fingerprint density at radius 3 is 2.59 bits per heavy atom. The maximum Gasteiger partial charge on any atom is 0.331 e. The first kappa shape index (κ1) is 26.2. The van der Waals surface area contributed by atoms with Crippen LogP contribution in [0.25, 0.3) is 10.9 Å². The molecule has 0 saturated heterocycles. The number of unbranched alkanes of at least 4 members (excludes halogenated alkanes) is 1. The van der Waals surface area contributed by atoms with Crippen LogP contribution in [-0.4, -0.2) is 27.5 Å². The summed E-state index contributed by atoms with van der Waals surface area (Å²) in [5.74, 6) is 0.286. The minimum Gasteiger partial charge on any atom is -0.467 e. The van der Waals surface area contributed by atoms with E-state index in [0.29, 0.717) is 42.6 Å². The van der Waals surface area contributed by atoms with Gasteiger partial charge in [-0.2, -0.15) is 0 Å². The molecule has 2 aromatic heterocycles. The van der Waals surface area contributed by atoms with Crippen molar-refractivity contribution in [2.75, 3.05) is 6.54 Å². The number of nitrogens with one attached hydrogen (secondary N) is 2. The Bertz CT molecular complexity index is 1370. The van der Waals surface area contributed by atoms with Crippen LogP contribution >= 0.6 is 0 Å². The summed E-state index contributed by atoms with van der Waals surface area (Å²) in [4.78, 5) is 51.1. The Kier molecular flexibility index (Phi) is 9.13. The number of amides is 2. The molecule has 9 heteroatoms. The van der Waals surface area contributed by atoms with E-state index in [2.05, 4.69) is 16.7 Å². The standard InChI is InChI=1S/C28H34N4O5/c33-25(30-19-22-11-8-18-37-22)14-6-7-17-31-27(35)23-12-4-5-13-24(23)32(28(31)36)20-26(34)29-16-15-21-9-2-1-3-10-21/h4-5,8-9,11-13,18H,1-3,6-7,10,14-17,19-20H2,(H,29,34)(H,30,33). The fourth-order valence-electron chi connectivity index (χ4n) is 4.66. The second kappa shape index (κ2) is 12.9. The van der Waals surface area contributed by atoms with E-state index in [-0.39, 0.29) is 36.9 Å². The minimum absolute atomic E-state index is 0.125. The topological polar surface area (TPSA) is 115 Å². The van der Waals surface area contributed by atoms with Crippen molar-refractivity contribution in [1.82, 2.24) is 19.8 Å². The van der Waals surface area contributed by atoms with Gasteiger partial charge in [-0.15, -0.1) is 0 Å². The summed E-state index contributed by atoms with van der Waals surface area (Å²) in [6.45, 7) is 0.858. The van der Waals surface area contributed by atoms with Gasteiger partial charge in [0, 0.05) is 19.5 Å². The van der Waals surface area contributed by atoms with Gasteiger partial charge in [0.05, 0.1) is 23.7 Å². The molecule has 4 rings (SSSR count). The molecule has 196 valence electrons. The monoisotopic (exact) mass is 506 g/mol. The molecule has 0 atom stereocenters. The number of hydrogen-bond donors (Lipinski definition) is 2. The first-order chi connectivity index (χ1) is 18.0. The van der Waals surface area contributed by atoms with E-state index < -0.39 is 5.69 Å². The SMILES string of the molecule is O=C(CCCCn1c(=O)c2ccccc2n(CC(=O)NCCC2=CCCCC2)c1=O)NCc1ccco1. The van der Waals surface area contributed by atoms with Gasteiger partial charge in [0.15, 0.2) is 0 Å². The van der Waals surface area contributed by atoms with Crippen molar-refractivity contribution < 1.29 is 14.0 Å². The average Bonchev–Trinajstić information content (AvgIpc) is 3.44. The third kappa shape index (κ3) is 7.09. The fraction of sp³-hybridized carbons (Fsp3) is 0.429. The molecule has 1 aliphatic carbocycles. The Morgan fingerprint density at radius 2 is 1.81 bits per heavy atom. The van der Waals surface area contributed by atoms with Crippen molar-refractivity contribution in [2.24, 2.45) is 0 Å². The smallest absolute Gasteiger partial charge is 0.331 e. The van der Waals surface area contributed by atoms with E-state index in [1.54, 1.807) is 42.7 Å². The number of furan rings is 1. The molecule has 0 radical (unpaired) electrons. The minimum atomic E-state index is -0.517. The molecule has 3 aromatic rings. The molecule has 2 N–H and O–H groups in total. The lowest BCUT2D eigenvalue weighted by Gasteiger charge is -2.15. The number of benzene rings is 1. The van der Waals surface area contributed by atoms with Crippen molar-refractivity contribution in [3.05, 3.63) is 80.9 Å². The molecule has 9 nitrogen and oxygen atoms in total. The number of carbonyl (C=O) groups excluding carboxylic acids is 2. The maximum absolute atomic E-state index is 13.3. The van der Waals surface area contributed by atoms with Gasteiger partial charge in [-0.3, -0.25) is 23.5 Å². The van der Waals surface area contributed by atoms with E-state index in [0.717, 1.165) is 19.3 Å². The predicted octanol–water partition coefficient (Wildman–Crippen LogP) is 3.25. The summed E-state index contributed by atoms with van der Waals surface area (Å²) in [5, 5.41) is 6.08. The molecule has 0 fully saturated rings. The second-order valence-corrected chi connectivity index (χ2v) is 9.36. The first-order valence-electron chi connectivity index (χ1n) is 13.0. The van der Waals surface area contributed by atoms with Gasteiger partial charge in [0.25, 0.3) is 5.56 Å². The lowest BCUT2D eigenvalue weighted by Crippen LogP contribution is -2.42. The quantitative estimate of drug-likeness (QED) is 0.289. The molecule has 2 amide bonds. The van der Waals surface area contributed by atoms with Gasteiger partial charge in [-0.1, -0.05) is 23.8 Å². The highest BCUT2D eigenvalue weighted by Crippen LogP contribution is 2.19. The van der Waals surface area contributed by atoms with E-state index in [1.165, 1.54) is 27.5 Å². The summed E-state index contributed by atoms with van der Waals surface area (Å²) < 4.78 is 7.73. The first-order valence-corrected chi connectivity index (χ1v) is 13.0. The highest BCUT2D eigenvalue weighted by Gasteiger charge is 2.15. The molecule has 2 heterocycles. The number of hydrogen-bond acceptors (Lipinski definition) is 5. The van der Waals surface area contributed by atoms with Gasteiger partial charge >= 0.3 is 5.69 Å². The van der Waals surface area contributed by atoms with Crippen molar-refractivity contribution in [2.45, 2.75) is 71.0 Å². The highest BCUT2D eigenvalue weighted by molar-refractivity contribution is 5.81. The zero-order chi connectivity index (χ0) is 26.0. The number of nitrogens with zero attached hydrogens (tertiary/aromatic N) is 2. The lowest BCUT2D eigenvalue weighted by molar-refractivity contribution is -0.122.